The maximum atomic E-state index is 4.94. The third-order valence-corrected chi connectivity index (χ3v) is 6.78. The number of hydrogen-bond acceptors (Lipinski definition) is 2. The topological polar surface area (TPSA) is 18.5 Å². The van der Waals surface area contributed by atoms with E-state index in [1.165, 1.54) is 0 Å². The van der Waals surface area contributed by atoms with Gasteiger partial charge >= 0.3 is 0 Å². The van der Waals surface area contributed by atoms with Gasteiger partial charge in [0, 0.05) is 0 Å². The summed E-state index contributed by atoms with van der Waals surface area (Å²) in [5.74, 6) is 0. The van der Waals surface area contributed by atoms with Gasteiger partial charge in [-0.2, -0.15) is 0 Å². The van der Waals surface area contributed by atoms with Crippen molar-refractivity contribution in [2.75, 3.05) is 26.4 Å². The lowest BCUT2D eigenvalue weighted by molar-refractivity contribution is -0.0334. The fourth-order valence-electron chi connectivity index (χ4n) is 3.46. The number of hydrogen-bond donors (Lipinski definition) is 0. The van der Waals surface area contributed by atoms with Crippen LogP contribution in [0.2, 0.25) is 0 Å². The van der Waals surface area contributed by atoms with Gasteiger partial charge in [0.05, 0.1) is 26.4 Å². The quantitative estimate of drug-likeness (QED) is 0.591. The van der Waals surface area contributed by atoms with E-state index in [-0.39, 0.29) is 7.92 Å². The Labute approximate surface area is 122 Å². The van der Waals surface area contributed by atoms with Crippen molar-refractivity contribution in [1.29, 1.82) is 0 Å². The molecule has 0 spiro atoms. The predicted molar refractivity (Wildman–Crippen MR) is 87.8 cm³/mol. The van der Waals surface area contributed by atoms with E-state index in [1.54, 1.807) is 0 Å². The van der Waals surface area contributed by atoms with E-state index in [0.717, 1.165) is 26.4 Å². The molecule has 0 amide bonds. The molecule has 19 heavy (non-hydrogen) atoms. The van der Waals surface area contributed by atoms with E-state index >= 15 is 0 Å². The van der Waals surface area contributed by atoms with E-state index in [9.17, 15) is 0 Å². The Bertz CT molecular complexity index is 194. The van der Waals surface area contributed by atoms with Gasteiger partial charge in [-0.25, -0.2) is 0 Å². The molecule has 0 aromatic carbocycles. The maximum absolute atomic E-state index is 4.94. The van der Waals surface area contributed by atoms with Crippen LogP contribution in [0.4, 0.5) is 0 Å². The smallest absolute Gasteiger partial charge is 0.0701 e. The lowest BCUT2D eigenvalue weighted by Crippen LogP contribution is -2.34. The van der Waals surface area contributed by atoms with Gasteiger partial charge in [0.15, 0.2) is 0 Å². The number of rotatable bonds is 0. The molecule has 0 aromatic heterocycles. The van der Waals surface area contributed by atoms with Crippen molar-refractivity contribution in [2.45, 2.75) is 77.8 Å². The highest BCUT2D eigenvalue weighted by atomic mass is 31.1. The van der Waals surface area contributed by atoms with Crippen LogP contribution in [0.15, 0.2) is 0 Å². The minimum atomic E-state index is 0.0162. The zero-order valence-corrected chi connectivity index (χ0v) is 15.5. The average molecular weight is 290 g/mol. The Balaban J connectivity index is 0.000000443. The summed E-state index contributed by atoms with van der Waals surface area (Å²) < 4.78 is 9.89. The molecule has 1 saturated heterocycles. The second-order valence-corrected chi connectivity index (χ2v) is 12.8. The largest absolute Gasteiger partial charge is 0.377 e. The second-order valence-electron chi connectivity index (χ2n) is 8.07. The summed E-state index contributed by atoms with van der Waals surface area (Å²) >= 11 is 0. The summed E-state index contributed by atoms with van der Waals surface area (Å²) in [4.78, 5) is 0. The SMILES string of the molecule is C1COCCO1.CC(C)(C)P(C(C)(C)C)C(C)(C)C. The first kappa shape index (κ1) is 19.4. The van der Waals surface area contributed by atoms with Gasteiger partial charge in [0.1, 0.15) is 0 Å². The van der Waals surface area contributed by atoms with Crippen molar-refractivity contribution in [3.63, 3.8) is 0 Å². The van der Waals surface area contributed by atoms with E-state index < -0.39 is 0 Å². The summed E-state index contributed by atoms with van der Waals surface area (Å²) in [5, 5.41) is 1.35. The summed E-state index contributed by atoms with van der Waals surface area (Å²) in [6.07, 6.45) is 0. The molecular formula is C16H35O2P. The van der Waals surface area contributed by atoms with Crippen LogP contribution >= 0.6 is 7.92 Å². The summed E-state index contributed by atoms with van der Waals surface area (Å²) in [7, 11) is 0.0162. The highest BCUT2D eigenvalue weighted by Crippen LogP contribution is 2.66. The molecule has 1 fully saturated rings. The van der Waals surface area contributed by atoms with Crippen LogP contribution in [-0.2, 0) is 9.47 Å². The first-order chi connectivity index (χ1) is 8.37. The van der Waals surface area contributed by atoms with E-state index in [1.807, 2.05) is 0 Å². The van der Waals surface area contributed by atoms with Gasteiger partial charge in [-0.15, -0.1) is 0 Å². The molecule has 0 bridgehead atoms. The second kappa shape index (κ2) is 7.38. The van der Waals surface area contributed by atoms with Crippen molar-refractivity contribution >= 4 is 7.92 Å². The molecule has 1 rings (SSSR count). The third kappa shape index (κ3) is 8.27. The van der Waals surface area contributed by atoms with Crippen LogP contribution in [0, 0.1) is 0 Å². The van der Waals surface area contributed by atoms with E-state index in [2.05, 4.69) is 62.3 Å². The molecule has 0 radical (unpaired) electrons. The minimum Gasteiger partial charge on any atom is -0.377 e. The standard InChI is InChI=1S/C12H27P.C4H8O2/c1-10(2,3)13(11(4,5)6)12(7,8)9;1-2-6-4-3-5-1/h1-9H3;1-4H2. The van der Waals surface area contributed by atoms with E-state index in [0.29, 0.717) is 15.5 Å². The zero-order valence-electron chi connectivity index (χ0n) is 14.6. The van der Waals surface area contributed by atoms with Gasteiger partial charge in [-0.3, -0.25) is 0 Å². The average Bonchev–Trinajstić information content (AvgIpc) is 2.13. The summed E-state index contributed by atoms with van der Waals surface area (Å²) in [6.45, 7) is 24.6. The lowest BCUT2D eigenvalue weighted by atomic mass is 10.2. The molecule has 1 aliphatic rings. The predicted octanol–water partition coefficient (Wildman–Crippen LogP) is 4.90. The van der Waals surface area contributed by atoms with Gasteiger partial charge in [0.2, 0.25) is 0 Å². The van der Waals surface area contributed by atoms with E-state index in [4.69, 9.17) is 9.47 Å². The highest BCUT2D eigenvalue weighted by Gasteiger charge is 2.41. The van der Waals surface area contributed by atoms with Crippen LogP contribution in [0.3, 0.4) is 0 Å². The first-order valence-corrected chi connectivity index (χ1v) is 8.67. The molecule has 0 saturated carbocycles. The van der Waals surface area contributed by atoms with Gasteiger partial charge < -0.3 is 9.47 Å². The molecule has 2 nitrogen and oxygen atoms in total. The fourth-order valence-corrected chi connectivity index (χ4v) is 9.50. The molecule has 3 heteroatoms. The van der Waals surface area contributed by atoms with Crippen LogP contribution in [0.1, 0.15) is 62.3 Å². The van der Waals surface area contributed by atoms with Crippen LogP contribution in [-0.4, -0.2) is 41.9 Å². The third-order valence-electron chi connectivity index (χ3n) is 2.76. The van der Waals surface area contributed by atoms with Crippen molar-refractivity contribution in [2.24, 2.45) is 0 Å². The van der Waals surface area contributed by atoms with Gasteiger partial charge in [-0.1, -0.05) is 70.2 Å². The highest BCUT2D eigenvalue weighted by molar-refractivity contribution is 7.62. The Morgan fingerprint density at radius 1 is 0.526 bits per heavy atom. The van der Waals surface area contributed by atoms with Crippen molar-refractivity contribution in [3.05, 3.63) is 0 Å². The van der Waals surface area contributed by atoms with Crippen molar-refractivity contribution in [3.8, 4) is 0 Å². The number of ether oxygens (including phenoxy) is 2. The normalized spacial score (nSPS) is 18.0. The summed E-state index contributed by atoms with van der Waals surface area (Å²) in [5.41, 5.74) is 0. The van der Waals surface area contributed by atoms with Crippen molar-refractivity contribution in [1.82, 2.24) is 0 Å². The van der Waals surface area contributed by atoms with Gasteiger partial charge in [-0.05, 0) is 15.5 Å². The Kier molecular flexibility index (Phi) is 7.52. The molecule has 116 valence electrons. The first-order valence-electron chi connectivity index (χ1n) is 7.33. The van der Waals surface area contributed by atoms with Crippen molar-refractivity contribution < 1.29 is 9.47 Å². The lowest BCUT2D eigenvalue weighted by Gasteiger charge is -2.49. The minimum absolute atomic E-state index is 0.0162. The molecule has 0 unspecified atom stereocenters. The molecule has 1 heterocycles. The van der Waals surface area contributed by atoms with Gasteiger partial charge in [0.25, 0.3) is 0 Å². The Hall–Kier alpha value is 0.350. The fraction of sp³-hybridized carbons (Fsp3) is 1.00. The van der Waals surface area contributed by atoms with Crippen LogP contribution in [0.25, 0.3) is 0 Å². The Morgan fingerprint density at radius 3 is 0.789 bits per heavy atom. The Morgan fingerprint density at radius 2 is 0.737 bits per heavy atom. The monoisotopic (exact) mass is 290 g/mol. The van der Waals surface area contributed by atoms with Crippen LogP contribution < -0.4 is 0 Å². The molecular weight excluding hydrogens is 255 g/mol. The zero-order chi connectivity index (χ0) is 15.3. The molecule has 0 aliphatic carbocycles. The molecule has 0 aromatic rings. The summed E-state index contributed by atoms with van der Waals surface area (Å²) in [6, 6.07) is 0. The maximum Gasteiger partial charge on any atom is 0.0701 e. The van der Waals surface area contributed by atoms with Crippen LogP contribution in [0.5, 0.6) is 0 Å². The molecule has 0 atom stereocenters. The molecule has 1 aliphatic heterocycles. The molecule has 0 N–H and O–H groups in total.